The molecule has 76 valence electrons. The third-order valence-corrected chi connectivity index (χ3v) is 4.57. The normalized spacial score (nSPS) is 19.8. The van der Waals surface area contributed by atoms with Crippen molar-refractivity contribution < 1.29 is 18.3 Å². The molecule has 13 heavy (non-hydrogen) atoms. The van der Waals surface area contributed by atoms with Crippen LogP contribution in [0.2, 0.25) is 0 Å². The van der Waals surface area contributed by atoms with Crippen LogP contribution in [0.3, 0.4) is 0 Å². The van der Waals surface area contributed by atoms with Crippen molar-refractivity contribution in [2.45, 2.75) is 31.4 Å². The average Bonchev–Trinajstić information content (AvgIpc) is 2.69. The van der Waals surface area contributed by atoms with Crippen LogP contribution in [-0.4, -0.2) is 30.5 Å². The van der Waals surface area contributed by atoms with Gasteiger partial charge in [0.05, 0.1) is 17.4 Å². The predicted molar refractivity (Wildman–Crippen MR) is 48.2 cm³/mol. The molecule has 0 heterocycles. The molecule has 0 radical (unpaired) electrons. The van der Waals surface area contributed by atoms with Gasteiger partial charge >= 0.3 is 5.97 Å². The largest absolute Gasteiger partial charge is 0.481 e. The molecule has 1 unspecified atom stereocenters. The lowest BCUT2D eigenvalue weighted by Crippen LogP contribution is -2.24. The summed E-state index contributed by atoms with van der Waals surface area (Å²) >= 11 is 0. The van der Waals surface area contributed by atoms with E-state index in [0.717, 1.165) is 12.8 Å². The van der Waals surface area contributed by atoms with Gasteiger partial charge in [0.15, 0.2) is 9.84 Å². The topological polar surface area (TPSA) is 71.4 Å². The Hall–Kier alpha value is -0.580. The Morgan fingerprint density at radius 2 is 2.08 bits per heavy atom. The molecule has 0 saturated heterocycles. The zero-order valence-electron chi connectivity index (χ0n) is 7.56. The number of carboxylic acid groups (broad SMARTS) is 1. The van der Waals surface area contributed by atoms with Crippen LogP contribution in [0.5, 0.6) is 0 Å². The zero-order chi connectivity index (χ0) is 10.1. The highest BCUT2D eigenvalue weighted by Crippen LogP contribution is 2.31. The van der Waals surface area contributed by atoms with E-state index < -0.39 is 21.1 Å². The average molecular weight is 206 g/mol. The van der Waals surface area contributed by atoms with E-state index in [4.69, 9.17) is 5.11 Å². The van der Waals surface area contributed by atoms with Gasteiger partial charge in [0.2, 0.25) is 0 Å². The molecule has 1 rings (SSSR count). The Morgan fingerprint density at radius 1 is 1.54 bits per heavy atom. The minimum Gasteiger partial charge on any atom is -0.481 e. The monoisotopic (exact) mass is 206 g/mol. The third-order valence-electron chi connectivity index (χ3n) is 2.24. The molecule has 5 heteroatoms. The Kier molecular flexibility index (Phi) is 2.95. The molecular weight excluding hydrogens is 192 g/mol. The van der Waals surface area contributed by atoms with Gasteiger partial charge in [0, 0.05) is 0 Å². The molecule has 0 aromatic carbocycles. The third kappa shape index (κ3) is 3.34. The number of carboxylic acids is 1. The van der Waals surface area contributed by atoms with Gasteiger partial charge in [-0.3, -0.25) is 4.79 Å². The molecule has 0 aromatic rings. The summed E-state index contributed by atoms with van der Waals surface area (Å²) < 4.78 is 22.9. The summed E-state index contributed by atoms with van der Waals surface area (Å²) in [5, 5.41) is 7.69. The van der Waals surface area contributed by atoms with Crippen molar-refractivity contribution in [2.24, 2.45) is 5.92 Å². The molecule has 1 atom stereocenters. The summed E-state index contributed by atoms with van der Waals surface area (Å²) in [4.78, 5) is 10.3. The lowest BCUT2D eigenvalue weighted by atomic mass is 10.3. The summed E-state index contributed by atoms with van der Waals surface area (Å²) in [5.74, 6) is -0.588. The maximum Gasteiger partial charge on any atom is 0.304 e. The summed E-state index contributed by atoms with van der Waals surface area (Å²) in [6.07, 6.45) is 1.66. The van der Waals surface area contributed by atoms with E-state index in [1.54, 1.807) is 0 Å². The van der Waals surface area contributed by atoms with Crippen molar-refractivity contribution in [3.63, 3.8) is 0 Å². The van der Waals surface area contributed by atoms with Crippen molar-refractivity contribution in [2.75, 3.05) is 5.75 Å². The van der Waals surface area contributed by atoms with Crippen LogP contribution >= 0.6 is 0 Å². The van der Waals surface area contributed by atoms with Crippen LogP contribution in [0, 0.1) is 5.92 Å². The molecule has 1 fully saturated rings. The quantitative estimate of drug-likeness (QED) is 0.717. The number of rotatable bonds is 5. The Bertz CT molecular complexity index is 289. The summed E-state index contributed by atoms with van der Waals surface area (Å²) in [6.45, 7) is 1.46. The summed E-state index contributed by atoms with van der Waals surface area (Å²) in [6, 6.07) is 0. The van der Waals surface area contributed by atoms with Gasteiger partial charge in [-0.15, -0.1) is 0 Å². The number of hydrogen-bond donors (Lipinski definition) is 1. The fourth-order valence-electron chi connectivity index (χ4n) is 1.15. The predicted octanol–water partition coefficient (Wildman–Crippen LogP) is 0.674. The van der Waals surface area contributed by atoms with Crippen LogP contribution in [0.25, 0.3) is 0 Å². The van der Waals surface area contributed by atoms with Gasteiger partial charge in [-0.25, -0.2) is 8.42 Å². The van der Waals surface area contributed by atoms with Crippen molar-refractivity contribution in [1.82, 2.24) is 0 Å². The van der Waals surface area contributed by atoms with Crippen molar-refractivity contribution in [3.05, 3.63) is 0 Å². The fourth-order valence-corrected chi connectivity index (χ4v) is 2.87. The van der Waals surface area contributed by atoms with Crippen LogP contribution in [0.4, 0.5) is 0 Å². The van der Waals surface area contributed by atoms with E-state index >= 15 is 0 Å². The minimum atomic E-state index is -3.17. The van der Waals surface area contributed by atoms with Gasteiger partial charge in [-0.05, 0) is 25.7 Å². The van der Waals surface area contributed by atoms with Crippen molar-refractivity contribution in [3.8, 4) is 0 Å². The molecule has 0 amide bonds. The molecule has 0 aliphatic heterocycles. The first-order valence-electron chi connectivity index (χ1n) is 4.35. The lowest BCUT2D eigenvalue weighted by Gasteiger charge is -2.09. The smallest absolute Gasteiger partial charge is 0.304 e. The maximum absolute atomic E-state index is 11.5. The van der Waals surface area contributed by atoms with Crippen LogP contribution in [0.1, 0.15) is 26.2 Å². The first-order chi connectivity index (χ1) is 5.92. The van der Waals surface area contributed by atoms with Crippen molar-refractivity contribution in [1.29, 1.82) is 0 Å². The number of carbonyl (C=O) groups is 1. The van der Waals surface area contributed by atoms with Crippen molar-refractivity contribution >= 4 is 15.8 Å². The Labute approximate surface area is 77.9 Å². The molecule has 0 spiro atoms. The van der Waals surface area contributed by atoms with E-state index in [2.05, 4.69) is 0 Å². The molecule has 0 bridgehead atoms. The molecule has 1 aliphatic rings. The van der Waals surface area contributed by atoms with Gasteiger partial charge in [-0.1, -0.05) is 0 Å². The fraction of sp³-hybridized carbons (Fsp3) is 0.875. The van der Waals surface area contributed by atoms with Gasteiger partial charge in [0.25, 0.3) is 0 Å². The standard InChI is InChI=1S/C8H14O4S/c1-6(4-8(9)10)13(11,12)5-7-2-3-7/h6-7H,2-5H2,1H3,(H,9,10). The number of sulfone groups is 1. The van der Waals surface area contributed by atoms with Gasteiger partial charge in [0.1, 0.15) is 0 Å². The van der Waals surface area contributed by atoms with Crippen LogP contribution < -0.4 is 0 Å². The van der Waals surface area contributed by atoms with Gasteiger partial charge < -0.3 is 5.11 Å². The van der Waals surface area contributed by atoms with Crippen LogP contribution in [0.15, 0.2) is 0 Å². The molecule has 0 aromatic heterocycles. The van der Waals surface area contributed by atoms with E-state index in [-0.39, 0.29) is 12.2 Å². The summed E-state index contributed by atoms with van der Waals surface area (Å²) in [5.41, 5.74) is 0. The molecule has 1 aliphatic carbocycles. The minimum absolute atomic E-state index is 0.168. The van der Waals surface area contributed by atoms with Crippen LogP contribution in [-0.2, 0) is 14.6 Å². The first kappa shape index (κ1) is 10.5. The first-order valence-corrected chi connectivity index (χ1v) is 6.06. The molecule has 4 nitrogen and oxygen atoms in total. The molecule has 1 saturated carbocycles. The van der Waals surface area contributed by atoms with E-state index in [9.17, 15) is 13.2 Å². The number of aliphatic carboxylic acids is 1. The second-order valence-electron chi connectivity index (χ2n) is 3.68. The zero-order valence-corrected chi connectivity index (χ0v) is 8.38. The molecule has 1 N–H and O–H groups in total. The van der Waals surface area contributed by atoms with E-state index in [0.29, 0.717) is 5.92 Å². The Balaban J connectivity index is 2.51. The second-order valence-corrected chi connectivity index (χ2v) is 6.15. The highest BCUT2D eigenvalue weighted by Gasteiger charge is 2.32. The lowest BCUT2D eigenvalue weighted by molar-refractivity contribution is -0.136. The van der Waals surface area contributed by atoms with E-state index in [1.807, 2.05) is 0 Å². The molecular formula is C8H14O4S. The highest BCUT2D eigenvalue weighted by atomic mass is 32.2. The van der Waals surface area contributed by atoms with Gasteiger partial charge in [-0.2, -0.15) is 0 Å². The SMILES string of the molecule is CC(CC(=O)O)S(=O)(=O)CC1CC1. The highest BCUT2D eigenvalue weighted by molar-refractivity contribution is 7.92. The summed E-state index contributed by atoms with van der Waals surface area (Å²) in [7, 11) is -3.17. The maximum atomic E-state index is 11.5. The van der Waals surface area contributed by atoms with E-state index in [1.165, 1.54) is 6.92 Å². The number of hydrogen-bond acceptors (Lipinski definition) is 3. The Morgan fingerprint density at radius 3 is 2.46 bits per heavy atom. The second kappa shape index (κ2) is 3.65.